The molecule has 0 radical (unpaired) electrons. The number of aromatic amines is 1. The minimum atomic E-state index is -0.171. The van der Waals surface area contributed by atoms with Crippen molar-refractivity contribution in [2.45, 2.75) is 18.9 Å². The normalized spacial score (nSPS) is 15.5. The van der Waals surface area contributed by atoms with Gasteiger partial charge in [-0.3, -0.25) is 9.78 Å². The topological polar surface area (TPSA) is 97.5 Å². The van der Waals surface area contributed by atoms with E-state index >= 15 is 0 Å². The predicted octanol–water partition coefficient (Wildman–Crippen LogP) is 1.54. The molecule has 1 saturated heterocycles. The number of nitrogens with one attached hydrogen (secondary N) is 1. The molecule has 1 N–H and O–H groups in total. The molecule has 1 fully saturated rings. The minimum absolute atomic E-state index is 0.171. The Kier molecular flexibility index (Phi) is 3.70. The van der Waals surface area contributed by atoms with Gasteiger partial charge >= 0.3 is 0 Å². The van der Waals surface area contributed by atoms with E-state index in [-0.39, 0.29) is 5.56 Å². The first-order valence-electron chi connectivity index (χ1n) is 8.92. The van der Waals surface area contributed by atoms with Gasteiger partial charge in [-0.05, 0) is 25.0 Å². The van der Waals surface area contributed by atoms with Crippen molar-refractivity contribution in [2.24, 2.45) is 0 Å². The van der Waals surface area contributed by atoms with E-state index in [1.807, 2.05) is 35.0 Å². The lowest BCUT2D eigenvalue weighted by Gasteiger charge is -2.32. The van der Waals surface area contributed by atoms with Crippen molar-refractivity contribution in [2.75, 3.05) is 18.0 Å². The maximum Gasteiger partial charge on any atom is 0.263 e. The molecule has 4 aromatic rings. The lowest BCUT2D eigenvalue weighted by Crippen LogP contribution is -2.36. The van der Waals surface area contributed by atoms with Gasteiger partial charge in [-0.15, -0.1) is 0 Å². The molecule has 0 spiro atoms. The average molecular weight is 362 g/mol. The standard InChI is InChI=1S/C18H18N8O/c27-17-15-10-20-26(14-4-2-1-3-5-14)16(15)22-18(23-17)24-8-6-13(7-9-24)25-12-19-11-21-25/h1-5,10-13H,6-9H2,(H,22,23,27). The molecule has 136 valence electrons. The van der Waals surface area contributed by atoms with Crippen LogP contribution >= 0.6 is 0 Å². The third kappa shape index (κ3) is 2.77. The summed E-state index contributed by atoms with van der Waals surface area (Å²) in [5.74, 6) is 0.585. The van der Waals surface area contributed by atoms with Gasteiger partial charge < -0.3 is 4.90 Å². The van der Waals surface area contributed by atoms with Crippen molar-refractivity contribution in [3.63, 3.8) is 0 Å². The SMILES string of the molecule is O=c1[nH]c(N2CCC(n3cncn3)CC2)nc2c1cnn2-c1ccccc1. The summed E-state index contributed by atoms with van der Waals surface area (Å²) in [5, 5.41) is 9.07. The number of rotatable bonds is 3. The Bertz CT molecular complexity index is 1110. The molecule has 0 bridgehead atoms. The second-order valence-electron chi connectivity index (χ2n) is 6.61. The summed E-state index contributed by atoms with van der Waals surface area (Å²) in [6.45, 7) is 1.58. The van der Waals surface area contributed by atoms with Crippen molar-refractivity contribution >= 4 is 17.0 Å². The third-order valence-electron chi connectivity index (χ3n) is 5.00. The number of benzene rings is 1. The van der Waals surface area contributed by atoms with Crippen LogP contribution in [0.2, 0.25) is 0 Å². The summed E-state index contributed by atoms with van der Waals surface area (Å²) in [7, 11) is 0. The largest absolute Gasteiger partial charge is 0.342 e. The third-order valence-corrected chi connectivity index (χ3v) is 5.00. The highest BCUT2D eigenvalue weighted by Gasteiger charge is 2.23. The summed E-state index contributed by atoms with van der Waals surface area (Å²) >= 11 is 0. The Morgan fingerprint density at radius 2 is 1.89 bits per heavy atom. The van der Waals surface area contributed by atoms with Gasteiger partial charge in [0.05, 0.1) is 17.9 Å². The van der Waals surface area contributed by atoms with Gasteiger partial charge in [0.15, 0.2) is 5.65 Å². The molecule has 0 aliphatic carbocycles. The maximum atomic E-state index is 12.5. The first kappa shape index (κ1) is 15.7. The Morgan fingerprint density at radius 3 is 2.63 bits per heavy atom. The van der Waals surface area contributed by atoms with Gasteiger partial charge in [0.2, 0.25) is 5.95 Å². The summed E-state index contributed by atoms with van der Waals surface area (Å²) in [6, 6.07) is 10.0. The van der Waals surface area contributed by atoms with E-state index in [2.05, 4.69) is 25.1 Å². The monoisotopic (exact) mass is 362 g/mol. The molecule has 0 amide bonds. The van der Waals surface area contributed by atoms with E-state index < -0.39 is 0 Å². The van der Waals surface area contributed by atoms with Crippen LogP contribution in [0.5, 0.6) is 0 Å². The summed E-state index contributed by atoms with van der Waals surface area (Å²) in [4.78, 5) is 26.3. The molecule has 5 rings (SSSR count). The molecule has 0 saturated carbocycles. The quantitative estimate of drug-likeness (QED) is 0.594. The van der Waals surface area contributed by atoms with Crippen LogP contribution in [-0.2, 0) is 0 Å². The number of fused-ring (bicyclic) bond motifs is 1. The molecule has 0 atom stereocenters. The lowest BCUT2D eigenvalue weighted by molar-refractivity contribution is 0.364. The minimum Gasteiger partial charge on any atom is -0.342 e. The molecule has 1 aliphatic rings. The zero-order valence-electron chi connectivity index (χ0n) is 14.6. The van der Waals surface area contributed by atoms with Crippen molar-refractivity contribution in [3.8, 4) is 5.69 Å². The average Bonchev–Trinajstić information content (AvgIpc) is 3.39. The van der Waals surface area contributed by atoms with E-state index in [4.69, 9.17) is 4.98 Å². The van der Waals surface area contributed by atoms with E-state index in [0.717, 1.165) is 31.6 Å². The summed E-state index contributed by atoms with van der Waals surface area (Å²) in [6.07, 6.45) is 6.72. The van der Waals surface area contributed by atoms with Crippen LogP contribution in [0, 0.1) is 0 Å². The summed E-state index contributed by atoms with van der Waals surface area (Å²) < 4.78 is 3.61. The first-order valence-corrected chi connectivity index (χ1v) is 8.92. The van der Waals surface area contributed by atoms with Crippen LogP contribution in [0.4, 0.5) is 5.95 Å². The van der Waals surface area contributed by atoms with Crippen LogP contribution in [0.15, 0.2) is 54.0 Å². The van der Waals surface area contributed by atoms with Gasteiger partial charge in [0, 0.05) is 13.1 Å². The van der Waals surface area contributed by atoms with Gasteiger partial charge in [0.1, 0.15) is 18.0 Å². The number of anilines is 1. The van der Waals surface area contributed by atoms with Crippen LogP contribution < -0.4 is 10.5 Å². The smallest absolute Gasteiger partial charge is 0.263 e. The number of piperidine rings is 1. The van der Waals surface area contributed by atoms with E-state index in [1.54, 1.807) is 23.5 Å². The molecule has 1 aromatic carbocycles. The molecule has 9 nitrogen and oxygen atoms in total. The van der Waals surface area contributed by atoms with Crippen molar-refractivity contribution < 1.29 is 0 Å². The molecule has 9 heteroatoms. The lowest BCUT2D eigenvalue weighted by atomic mass is 10.1. The van der Waals surface area contributed by atoms with Gasteiger partial charge in [-0.25, -0.2) is 14.3 Å². The fourth-order valence-electron chi connectivity index (χ4n) is 3.56. The van der Waals surface area contributed by atoms with Crippen molar-refractivity contribution in [3.05, 3.63) is 59.5 Å². The Labute approximate surface area is 154 Å². The fourth-order valence-corrected chi connectivity index (χ4v) is 3.56. The maximum absolute atomic E-state index is 12.5. The Hall–Kier alpha value is -3.49. The number of para-hydroxylation sites is 1. The second-order valence-corrected chi connectivity index (χ2v) is 6.61. The number of aromatic nitrogens is 7. The van der Waals surface area contributed by atoms with Gasteiger partial charge in [0.25, 0.3) is 5.56 Å². The number of hydrogen-bond acceptors (Lipinski definition) is 6. The predicted molar refractivity (Wildman–Crippen MR) is 100.0 cm³/mol. The zero-order valence-corrected chi connectivity index (χ0v) is 14.6. The van der Waals surface area contributed by atoms with Crippen LogP contribution in [0.1, 0.15) is 18.9 Å². The fraction of sp³-hybridized carbons (Fsp3) is 0.278. The van der Waals surface area contributed by atoms with Crippen LogP contribution in [0.25, 0.3) is 16.7 Å². The van der Waals surface area contributed by atoms with E-state index in [0.29, 0.717) is 23.0 Å². The highest BCUT2D eigenvalue weighted by Crippen LogP contribution is 2.24. The molecule has 27 heavy (non-hydrogen) atoms. The molecular formula is C18H18N8O. The second kappa shape index (κ2) is 6.35. The van der Waals surface area contributed by atoms with Crippen molar-refractivity contribution in [1.82, 2.24) is 34.5 Å². The van der Waals surface area contributed by atoms with Crippen molar-refractivity contribution in [1.29, 1.82) is 0 Å². The highest BCUT2D eigenvalue weighted by molar-refractivity contribution is 5.76. The number of hydrogen-bond donors (Lipinski definition) is 1. The molecule has 3 aromatic heterocycles. The molecular weight excluding hydrogens is 344 g/mol. The highest BCUT2D eigenvalue weighted by atomic mass is 16.1. The first-order chi connectivity index (χ1) is 13.3. The zero-order chi connectivity index (χ0) is 18.2. The molecule has 1 aliphatic heterocycles. The van der Waals surface area contributed by atoms with E-state index in [9.17, 15) is 4.79 Å². The Morgan fingerprint density at radius 1 is 1.07 bits per heavy atom. The number of nitrogens with zero attached hydrogens (tertiary/aromatic N) is 7. The van der Waals surface area contributed by atoms with Crippen LogP contribution in [0.3, 0.4) is 0 Å². The Balaban J connectivity index is 1.47. The molecule has 4 heterocycles. The van der Waals surface area contributed by atoms with Gasteiger partial charge in [-0.1, -0.05) is 18.2 Å². The molecule has 0 unspecified atom stereocenters. The summed E-state index contributed by atoms with van der Waals surface area (Å²) in [5.41, 5.74) is 1.27. The number of H-pyrrole nitrogens is 1. The van der Waals surface area contributed by atoms with Crippen LogP contribution in [-0.4, -0.2) is 47.6 Å². The van der Waals surface area contributed by atoms with E-state index in [1.165, 1.54) is 0 Å². The van der Waals surface area contributed by atoms with Gasteiger partial charge in [-0.2, -0.15) is 15.2 Å².